The Morgan fingerprint density at radius 3 is 2.88 bits per heavy atom. The van der Waals surface area contributed by atoms with E-state index in [1.807, 2.05) is 12.3 Å². The second-order valence-corrected chi connectivity index (χ2v) is 2.56. The molecule has 0 aromatic carbocycles. The summed E-state index contributed by atoms with van der Waals surface area (Å²) in [6.07, 6.45) is 1.75. The van der Waals surface area contributed by atoms with Crippen molar-refractivity contribution in [3.05, 3.63) is 22.7 Å². The molecular weight excluding hydrogens is 118 g/mol. The van der Waals surface area contributed by atoms with E-state index in [-0.39, 0.29) is 0 Å². The van der Waals surface area contributed by atoms with Gasteiger partial charge in [0.05, 0.1) is 10.7 Å². The molecule has 0 N–H and O–H groups in total. The van der Waals surface area contributed by atoms with Crippen LogP contribution >= 0.6 is 11.3 Å². The molecule has 0 unspecified atom stereocenters. The maximum atomic E-state index is 4.13. The zero-order valence-corrected chi connectivity index (χ0v) is 5.53. The molecule has 0 fully saturated rings. The Labute approximate surface area is 52.7 Å². The second kappa shape index (κ2) is 2.09. The number of hydrogen-bond donors (Lipinski definition) is 0. The van der Waals surface area contributed by atoms with Crippen LogP contribution in [0.1, 0.15) is 10.7 Å². The van der Waals surface area contributed by atoms with Crippen molar-refractivity contribution in [1.82, 2.24) is 4.98 Å². The third-order valence-electron chi connectivity index (χ3n) is 0.846. The van der Waals surface area contributed by atoms with Gasteiger partial charge in [0.25, 0.3) is 0 Å². The van der Waals surface area contributed by atoms with Crippen LogP contribution < -0.4 is 0 Å². The van der Waals surface area contributed by atoms with Gasteiger partial charge in [-0.2, -0.15) is 0 Å². The summed E-state index contributed by atoms with van der Waals surface area (Å²) in [6, 6.07) is 0. The average Bonchev–Trinajstić information content (AvgIpc) is 2.14. The molecule has 1 aromatic rings. The van der Waals surface area contributed by atoms with Crippen LogP contribution in [0.3, 0.4) is 0 Å². The van der Waals surface area contributed by atoms with Crippen molar-refractivity contribution in [2.45, 2.75) is 6.92 Å². The Balaban J connectivity index is 3.00. The Kier molecular flexibility index (Phi) is 1.44. The van der Waals surface area contributed by atoms with E-state index in [2.05, 4.69) is 11.6 Å². The van der Waals surface area contributed by atoms with Crippen molar-refractivity contribution in [3.8, 4) is 0 Å². The first-order valence-corrected chi connectivity index (χ1v) is 3.25. The topological polar surface area (TPSA) is 12.9 Å². The van der Waals surface area contributed by atoms with Gasteiger partial charge in [-0.05, 0) is 13.0 Å². The highest BCUT2D eigenvalue weighted by molar-refractivity contribution is 7.09. The molecule has 0 atom stereocenters. The quantitative estimate of drug-likeness (QED) is 0.560. The summed E-state index contributed by atoms with van der Waals surface area (Å²) >= 11 is 1.65. The van der Waals surface area contributed by atoms with Crippen molar-refractivity contribution in [1.29, 1.82) is 0 Å². The lowest BCUT2D eigenvalue weighted by atomic mass is 10.5. The molecule has 8 heavy (non-hydrogen) atoms. The van der Waals surface area contributed by atoms with E-state index in [4.69, 9.17) is 0 Å². The number of thiazole rings is 1. The first kappa shape index (κ1) is 5.51. The number of aromatic nitrogens is 1. The van der Waals surface area contributed by atoms with E-state index in [9.17, 15) is 0 Å². The van der Waals surface area contributed by atoms with Crippen LogP contribution in [0.4, 0.5) is 0 Å². The third-order valence-corrected chi connectivity index (χ3v) is 1.64. The smallest absolute Gasteiger partial charge is 0.0901 e. The van der Waals surface area contributed by atoms with Gasteiger partial charge in [-0.1, -0.05) is 6.58 Å². The van der Waals surface area contributed by atoms with Crippen molar-refractivity contribution < 1.29 is 0 Å². The molecule has 0 saturated heterocycles. The summed E-state index contributed by atoms with van der Waals surface area (Å²) in [5, 5.41) is 3.09. The maximum Gasteiger partial charge on any atom is 0.0901 e. The molecule has 1 heterocycles. The number of rotatable bonds is 1. The van der Waals surface area contributed by atoms with E-state index in [1.54, 1.807) is 17.4 Å². The molecule has 0 saturated carbocycles. The summed E-state index contributed by atoms with van der Waals surface area (Å²) in [4.78, 5) is 4.13. The first-order valence-electron chi connectivity index (χ1n) is 2.37. The van der Waals surface area contributed by atoms with Crippen LogP contribution in [0.25, 0.3) is 6.08 Å². The van der Waals surface area contributed by atoms with Gasteiger partial charge < -0.3 is 0 Å². The predicted octanol–water partition coefficient (Wildman–Crippen LogP) is 2.09. The van der Waals surface area contributed by atoms with Gasteiger partial charge in [0.15, 0.2) is 0 Å². The Bertz CT molecular complexity index is 190. The van der Waals surface area contributed by atoms with Crippen molar-refractivity contribution >= 4 is 17.4 Å². The van der Waals surface area contributed by atoms with Gasteiger partial charge >= 0.3 is 0 Å². The standard InChI is InChI=1S/C6H7NS/c1-3-6-4-8-5(2)7-6/h3-4H,1H2,2H3. The maximum absolute atomic E-state index is 4.13. The molecule has 0 aliphatic heterocycles. The highest BCUT2D eigenvalue weighted by Gasteiger charge is 1.88. The highest BCUT2D eigenvalue weighted by atomic mass is 32.1. The van der Waals surface area contributed by atoms with E-state index >= 15 is 0 Å². The molecule has 0 aliphatic carbocycles. The van der Waals surface area contributed by atoms with Crippen molar-refractivity contribution in [2.75, 3.05) is 0 Å². The van der Waals surface area contributed by atoms with Crippen LogP contribution in [-0.4, -0.2) is 4.98 Å². The van der Waals surface area contributed by atoms with Gasteiger partial charge in [0.2, 0.25) is 0 Å². The molecule has 1 rings (SSSR count). The SMILES string of the molecule is C=Cc1csc(C)n1. The summed E-state index contributed by atoms with van der Waals surface area (Å²) in [5.74, 6) is 0. The molecule has 0 aliphatic rings. The summed E-state index contributed by atoms with van der Waals surface area (Å²) in [6.45, 7) is 5.57. The van der Waals surface area contributed by atoms with Crippen LogP contribution in [0, 0.1) is 6.92 Å². The van der Waals surface area contributed by atoms with Crippen LogP contribution in [0.5, 0.6) is 0 Å². The minimum absolute atomic E-state index is 0.979. The number of nitrogens with zero attached hydrogens (tertiary/aromatic N) is 1. The molecule has 2 heteroatoms. The lowest BCUT2D eigenvalue weighted by Crippen LogP contribution is -1.67. The normalized spacial score (nSPS) is 9.12. The van der Waals surface area contributed by atoms with Crippen LogP contribution in [-0.2, 0) is 0 Å². The van der Waals surface area contributed by atoms with E-state index < -0.39 is 0 Å². The zero-order chi connectivity index (χ0) is 5.98. The molecule has 42 valence electrons. The van der Waals surface area contributed by atoms with Crippen LogP contribution in [0.2, 0.25) is 0 Å². The Morgan fingerprint density at radius 1 is 1.88 bits per heavy atom. The summed E-state index contributed by atoms with van der Waals surface area (Å²) < 4.78 is 0. The minimum atomic E-state index is 0.979. The van der Waals surface area contributed by atoms with Gasteiger partial charge in [-0.15, -0.1) is 11.3 Å². The van der Waals surface area contributed by atoms with E-state index in [0.717, 1.165) is 10.7 Å². The highest BCUT2D eigenvalue weighted by Crippen LogP contribution is 2.07. The summed E-state index contributed by atoms with van der Waals surface area (Å²) in [7, 11) is 0. The average molecular weight is 125 g/mol. The lowest BCUT2D eigenvalue weighted by molar-refractivity contribution is 1.28. The monoisotopic (exact) mass is 125 g/mol. The fourth-order valence-corrected chi connectivity index (χ4v) is 1.07. The third kappa shape index (κ3) is 0.954. The van der Waals surface area contributed by atoms with E-state index in [0.29, 0.717) is 0 Å². The second-order valence-electron chi connectivity index (χ2n) is 1.50. The van der Waals surface area contributed by atoms with Crippen LogP contribution in [0.15, 0.2) is 12.0 Å². The fraction of sp³-hybridized carbons (Fsp3) is 0.167. The molecule has 1 nitrogen and oxygen atoms in total. The minimum Gasteiger partial charge on any atom is -0.242 e. The van der Waals surface area contributed by atoms with Gasteiger partial charge in [0.1, 0.15) is 0 Å². The Hall–Kier alpha value is -0.630. The van der Waals surface area contributed by atoms with Crippen molar-refractivity contribution in [2.24, 2.45) is 0 Å². The largest absolute Gasteiger partial charge is 0.242 e. The Morgan fingerprint density at radius 2 is 2.62 bits per heavy atom. The molecule has 0 bridgehead atoms. The molecular formula is C6H7NS. The number of aryl methyl sites for hydroxylation is 1. The van der Waals surface area contributed by atoms with Gasteiger partial charge in [0, 0.05) is 5.38 Å². The lowest BCUT2D eigenvalue weighted by Gasteiger charge is -1.74. The van der Waals surface area contributed by atoms with E-state index in [1.165, 1.54) is 0 Å². The fourth-order valence-electron chi connectivity index (χ4n) is 0.474. The molecule has 0 amide bonds. The van der Waals surface area contributed by atoms with Gasteiger partial charge in [-0.3, -0.25) is 0 Å². The number of hydrogen-bond acceptors (Lipinski definition) is 2. The molecule has 1 aromatic heterocycles. The first-order chi connectivity index (χ1) is 3.83. The summed E-state index contributed by atoms with van der Waals surface area (Å²) in [5.41, 5.74) is 0.979. The molecule has 0 radical (unpaired) electrons. The van der Waals surface area contributed by atoms with Gasteiger partial charge in [-0.25, -0.2) is 4.98 Å². The zero-order valence-electron chi connectivity index (χ0n) is 4.72. The predicted molar refractivity (Wildman–Crippen MR) is 36.9 cm³/mol. The molecule has 0 spiro atoms. The van der Waals surface area contributed by atoms with Crippen molar-refractivity contribution in [3.63, 3.8) is 0 Å².